The van der Waals surface area contributed by atoms with E-state index < -0.39 is 38.3 Å². The number of rotatable bonds is 4. The van der Waals surface area contributed by atoms with Crippen LogP contribution in [-0.4, -0.2) is 8.42 Å². The van der Waals surface area contributed by atoms with Crippen molar-refractivity contribution in [2.24, 2.45) is 5.73 Å². The van der Waals surface area contributed by atoms with Crippen molar-refractivity contribution in [3.63, 3.8) is 0 Å². The fourth-order valence-electron chi connectivity index (χ4n) is 1.41. The summed E-state index contributed by atoms with van der Waals surface area (Å²) < 4.78 is 69.4. The van der Waals surface area contributed by atoms with Gasteiger partial charge in [-0.3, -0.25) is 4.72 Å². The number of sulfonamides is 1. The predicted molar refractivity (Wildman–Crippen MR) is 63.7 cm³/mol. The predicted octanol–water partition coefficient (Wildman–Crippen LogP) is 1.96. The first-order chi connectivity index (χ1) is 9.33. The van der Waals surface area contributed by atoms with E-state index in [0.29, 0.717) is 6.07 Å². The van der Waals surface area contributed by atoms with Crippen LogP contribution in [0.1, 0.15) is 5.76 Å². The van der Waals surface area contributed by atoms with Crippen LogP contribution in [0.15, 0.2) is 33.8 Å². The summed E-state index contributed by atoms with van der Waals surface area (Å²) in [7, 11) is -4.26. The van der Waals surface area contributed by atoms with Crippen molar-refractivity contribution in [2.75, 3.05) is 4.72 Å². The van der Waals surface area contributed by atoms with E-state index in [0.717, 1.165) is 6.07 Å². The molecule has 0 unspecified atom stereocenters. The number of benzene rings is 1. The van der Waals surface area contributed by atoms with Crippen molar-refractivity contribution in [3.05, 3.63) is 47.5 Å². The zero-order valence-electron chi connectivity index (χ0n) is 9.86. The molecule has 0 aliphatic rings. The highest BCUT2D eigenvalue weighted by Crippen LogP contribution is 2.23. The minimum Gasteiger partial charge on any atom is -0.446 e. The van der Waals surface area contributed by atoms with Gasteiger partial charge in [-0.05, 0) is 12.1 Å². The van der Waals surface area contributed by atoms with Crippen LogP contribution in [0.3, 0.4) is 0 Å². The van der Waals surface area contributed by atoms with Crippen molar-refractivity contribution in [2.45, 2.75) is 11.6 Å². The number of anilines is 1. The Morgan fingerprint density at radius 1 is 1.10 bits per heavy atom. The first-order valence-corrected chi connectivity index (χ1v) is 6.78. The Labute approximate surface area is 112 Å². The average molecular weight is 306 g/mol. The highest BCUT2D eigenvalue weighted by molar-refractivity contribution is 7.92. The van der Waals surface area contributed by atoms with Crippen molar-refractivity contribution >= 4 is 15.7 Å². The van der Waals surface area contributed by atoms with Gasteiger partial charge in [-0.15, -0.1) is 0 Å². The molecular formula is C11H9F3N2O3S. The maximum absolute atomic E-state index is 13.4. The zero-order chi connectivity index (χ0) is 14.9. The van der Waals surface area contributed by atoms with Gasteiger partial charge in [0.2, 0.25) is 5.09 Å². The Bertz CT molecular complexity index is 743. The molecular weight excluding hydrogens is 297 g/mol. The second-order valence-corrected chi connectivity index (χ2v) is 5.39. The van der Waals surface area contributed by atoms with Gasteiger partial charge in [-0.2, -0.15) is 8.42 Å². The molecule has 108 valence electrons. The van der Waals surface area contributed by atoms with Gasteiger partial charge in [0.1, 0.15) is 11.6 Å². The van der Waals surface area contributed by atoms with Crippen LogP contribution in [0.5, 0.6) is 0 Å². The van der Waals surface area contributed by atoms with Gasteiger partial charge in [0.05, 0.1) is 12.2 Å². The van der Waals surface area contributed by atoms with Crippen molar-refractivity contribution in [3.8, 4) is 0 Å². The molecule has 0 saturated heterocycles. The second-order valence-electron chi connectivity index (χ2n) is 3.78. The van der Waals surface area contributed by atoms with Gasteiger partial charge in [0, 0.05) is 12.1 Å². The lowest BCUT2D eigenvalue weighted by molar-refractivity contribution is 0.417. The maximum Gasteiger partial charge on any atom is 0.295 e. The lowest BCUT2D eigenvalue weighted by Gasteiger charge is -2.07. The third-order valence-electron chi connectivity index (χ3n) is 2.36. The number of nitrogens with one attached hydrogen (secondary N) is 1. The minimum atomic E-state index is -4.26. The van der Waals surface area contributed by atoms with Crippen molar-refractivity contribution in [1.82, 2.24) is 0 Å². The van der Waals surface area contributed by atoms with Gasteiger partial charge in [0.25, 0.3) is 10.0 Å². The van der Waals surface area contributed by atoms with Crippen LogP contribution in [0, 0.1) is 17.5 Å². The number of halogens is 3. The van der Waals surface area contributed by atoms with Gasteiger partial charge < -0.3 is 10.2 Å². The SMILES string of the molecule is NCc1ccc(S(=O)(=O)Nc2cc(F)c(F)cc2F)o1. The molecule has 0 radical (unpaired) electrons. The Balaban J connectivity index is 2.35. The van der Waals surface area contributed by atoms with E-state index in [1.54, 1.807) is 4.72 Å². The standard InChI is InChI=1S/C11H9F3N2O3S/c12-7-3-9(14)10(4-8(7)13)16-20(17,18)11-2-1-6(5-15)19-11/h1-4,16H,5,15H2. The molecule has 0 fully saturated rings. The van der Waals surface area contributed by atoms with E-state index in [-0.39, 0.29) is 18.4 Å². The second kappa shape index (κ2) is 5.17. The summed E-state index contributed by atoms with van der Waals surface area (Å²) in [5, 5.41) is -0.512. The third kappa shape index (κ3) is 2.78. The first-order valence-electron chi connectivity index (χ1n) is 5.29. The van der Waals surface area contributed by atoms with E-state index in [2.05, 4.69) is 0 Å². The average Bonchev–Trinajstić information content (AvgIpc) is 2.85. The summed E-state index contributed by atoms with van der Waals surface area (Å²) in [6.07, 6.45) is 0. The van der Waals surface area contributed by atoms with Crippen LogP contribution in [-0.2, 0) is 16.6 Å². The van der Waals surface area contributed by atoms with E-state index in [1.165, 1.54) is 6.07 Å². The molecule has 3 N–H and O–H groups in total. The fraction of sp³-hybridized carbons (Fsp3) is 0.0909. The largest absolute Gasteiger partial charge is 0.446 e. The highest BCUT2D eigenvalue weighted by atomic mass is 32.2. The molecule has 0 aliphatic carbocycles. The van der Waals surface area contributed by atoms with Crippen LogP contribution < -0.4 is 10.5 Å². The number of furan rings is 1. The Morgan fingerprint density at radius 2 is 1.75 bits per heavy atom. The Hall–Kier alpha value is -2.00. The number of hydrogen-bond donors (Lipinski definition) is 2. The molecule has 0 aliphatic heterocycles. The molecule has 0 spiro atoms. The van der Waals surface area contributed by atoms with E-state index in [1.807, 2.05) is 0 Å². The topological polar surface area (TPSA) is 85.3 Å². The quantitative estimate of drug-likeness (QED) is 0.846. The first kappa shape index (κ1) is 14.4. The summed E-state index contributed by atoms with van der Waals surface area (Å²) in [5.74, 6) is -3.85. The van der Waals surface area contributed by atoms with Crippen molar-refractivity contribution < 1.29 is 26.0 Å². The maximum atomic E-state index is 13.4. The molecule has 0 amide bonds. The van der Waals surface area contributed by atoms with E-state index in [4.69, 9.17) is 10.2 Å². The molecule has 5 nitrogen and oxygen atoms in total. The molecule has 9 heteroatoms. The van der Waals surface area contributed by atoms with E-state index in [9.17, 15) is 21.6 Å². The van der Waals surface area contributed by atoms with Crippen molar-refractivity contribution in [1.29, 1.82) is 0 Å². The molecule has 0 saturated carbocycles. The van der Waals surface area contributed by atoms with Gasteiger partial charge in [0.15, 0.2) is 11.6 Å². The summed E-state index contributed by atoms with van der Waals surface area (Å²) >= 11 is 0. The highest BCUT2D eigenvalue weighted by Gasteiger charge is 2.21. The van der Waals surface area contributed by atoms with Crippen LogP contribution in [0.4, 0.5) is 18.9 Å². The molecule has 1 aromatic heterocycles. The molecule has 1 aromatic carbocycles. The summed E-state index contributed by atoms with van der Waals surface area (Å²) in [6.45, 7) is -0.0188. The fourth-order valence-corrected chi connectivity index (χ4v) is 2.42. The Kier molecular flexibility index (Phi) is 3.73. The molecule has 0 bridgehead atoms. The van der Waals surface area contributed by atoms with Crippen LogP contribution in [0.2, 0.25) is 0 Å². The van der Waals surface area contributed by atoms with Gasteiger partial charge in [-0.25, -0.2) is 13.2 Å². The molecule has 1 heterocycles. The summed E-state index contributed by atoms with van der Waals surface area (Å²) in [6, 6.07) is 3.08. The minimum absolute atomic E-state index is 0.0188. The van der Waals surface area contributed by atoms with E-state index >= 15 is 0 Å². The van der Waals surface area contributed by atoms with Gasteiger partial charge in [-0.1, -0.05) is 0 Å². The monoisotopic (exact) mass is 306 g/mol. The van der Waals surface area contributed by atoms with Crippen LogP contribution in [0.25, 0.3) is 0 Å². The number of nitrogens with two attached hydrogens (primary N) is 1. The molecule has 2 aromatic rings. The smallest absolute Gasteiger partial charge is 0.295 e. The third-order valence-corrected chi connectivity index (χ3v) is 3.60. The molecule has 20 heavy (non-hydrogen) atoms. The van der Waals surface area contributed by atoms with Crippen LogP contribution >= 0.6 is 0 Å². The summed E-state index contributed by atoms with van der Waals surface area (Å²) in [5.41, 5.74) is 4.53. The van der Waals surface area contributed by atoms with Gasteiger partial charge >= 0.3 is 0 Å². The lowest BCUT2D eigenvalue weighted by atomic mass is 10.3. The normalized spacial score (nSPS) is 11.6. The Morgan fingerprint density at radius 3 is 2.35 bits per heavy atom. The zero-order valence-corrected chi connectivity index (χ0v) is 10.7. The summed E-state index contributed by atoms with van der Waals surface area (Å²) in [4.78, 5) is 0. The lowest BCUT2D eigenvalue weighted by Crippen LogP contribution is -2.13. The molecule has 2 rings (SSSR count). The number of hydrogen-bond acceptors (Lipinski definition) is 4. The molecule has 0 atom stereocenters.